The molecule has 1 fully saturated rings. The van der Waals surface area contributed by atoms with Gasteiger partial charge in [0.05, 0.1) is 4.92 Å². The van der Waals surface area contributed by atoms with Gasteiger partial charge in [0.15, 0.2) is 0 Å². The molecule has 0 atom stereocenters. The van der Waals surface area contributed by atoms with E-state index in [1.807, 2.05) is 13.8 Å². The highest BCUT2D eigenvalue weighted by Crippen LogP contribution is 2.32. The molecule has 19 heavy (non-hydrogen) atoms. The van der Waals surface area contributed by atoms with Crippen molar-refractivity contribution in [1.82, 2.24) is 9.78 Å². The summed E-state index contributed by atoms with van der Waals surface area (Å²) in [5.74, 6) is 1.35. The zero-order chi connectivity index (χ0) is 14.0. The second-order valence-corrected chi connectivity index (χ2v) is 5.59. The third-order valence-electron chi connectivity index (χ3n) is 3.80. The van der Waals surface area contributed by atoms with E-state index in [9.17, 15) is 10.1 Å². The summed E-state index contributed by atoms with van der Waals surface area (Å²) in [7, 11) is 0. The van der Waals surface area contributed by atoms with E-state index < -0.39 is 0 Å². The van der Waals surface area contributed by atoms with Crippen LogP contribution in [0.3, 0.4) is 0 Å². The molecule has 0 bridgehead atoms. The van der Waals surface area contributed by atoms with Crippen molar-refractivity contribution in [3.05, 3.63) is 15.8 Å². The maximum Gasteiger partial charge on any atom is 0.333 e. The molecule has 0 radical (unpaired) electrons. The van der Waals surface area contributed by atoms with Gasteiger partial charge in [0.2, 0.25) is 5.82 Å². The molecular weight excluding hydrogens is 244 g/mol. The van der Waals surface area contributed by atoms with Crippen molar-refractivity contribution in [2.45, 2.75) is 52.5 Å². The maximum absolute atomic E-state index is 11.2. The minimum atomic E-state index is -0.340. The molecule has 1 aliphatic carbocycles. The Balaban J connectivity index is 2.12. The van der Waals surface area contributed by atoms with Crippen LogP contribution in [-0.2, 0) is 0 Å². The summed E-state index contributed by atoms with van der Waals surface area (Å²) in [5, 5.41) is 18.7. The van der Waals surface area contributed by atoms with Crippen LogP contribution in [0.25, 0.3) is 0 Å². The van der Waals surface area contributed by atoms with E-state index in [0.29, 0.717) is 11.5 Å². The molecular formula is C13H22N4O2. The van der Waals surface area contributed by atoms with Crippen molar-refractivity contribution in [3.63, 3.8) is 0 Å². The zero-order valence-corrected chi connectivity index (χ0v) is 11.8. The van der Waals surface area contributed by atoms with Crippen LogP contribution in [0.1, 0.15) is 51.3 Å². The van der Waals surface area contributed by atoms with E-state index in [1.165, 1.54) is 19.3 Å². The van der Waals surface area contributed by atoms with Crippen molar-refractivity contribution in [2.24, 2.45) is 5.92 Å². The number of rotatable bonds is 6. The van der Waals surface area contributed by atoms with Gasteiger partial charge in [0.25, 0.3) is 0 Å². The Hall–Kier alpha value is -1.59. The molecule has 0 unspecified atom stereocenters. The van der Waals surface area contributed by atoms with Gasteiger partial charge in [-0.15, -0.1) is 0 Å². The summed E-state index contributed by atoms with van der Waals surface area (Å²) in [6, 6.07) is 0.110. The molecule has 1 aromatic heterocycles. The fourth-order valence-corrected chi connectivity index (χ4v) is 2.47. The fourth-order valence-electron chi connectivity index (χ4n) is 2.47. The number of aryl methyl sites for hydroxylation is 1. The molecule has 2 rings (SSSR count). The van der Waals surface area contributed by atoms with Crippen molar-refractivity contribution in [1.29, 1.82) is 0 Å². The van der Waals surface area contributed by atoms with Gasteiger partial charge in [-0.2, -0.15) is 5.10 Å². The minimum Gasteiger partial charge on any atom is -0.365 e. The lowest BCUT2D eigenvalue weighted by molar-refractivity contribution is -0.384. The van der Waals surface area contributed by atoms with Gasteiger partial charge in [-0.05, 0) is 33.1 Å². The number of hydrogen-bond acceptors (Lipinski definition) is 4. The Bertz CT molecular complexity index is 463. The van der Waals surface area contributed by atoms with E-state index in [4.69, 9.17) is 0 Å². The summed E-state index contributed by atoms with van der Waals surface area (Å²) < 4.78 is 1.72. The predicted molar refractivity (Wildman–Crippen MR) is 74.5 cm³/mol. The number of nitrogens with one attached hydrogen (secondary N) is 1. The first-order chi connectivity index (χ1) is 9.00. The topological polar surface area (TPSA) is 73.0 Å². The lowest BCUT2D eigenvalue weighted by Crippen LogP contribution is -2.18. The molecule has 0 aromatic carbocycles. The second-order valence-electron chi connectivity index (χ2n) is 5.59. The highest BCUT2D eigenvalue weighted by molar-refractivity contribution is 5.59. The van der Waals surface area contributed by atoms with Gasteiger partial charge < -0.3 is 5.32 Å². The Labute approximate surface area is 113 Å². The summed E-state index contributed by atoms with van der Waals surface area (Å²) in [6.45, 7) is 6.43. The van der Waals surface area contributed by atoms with Crippen LogP contribution >= 0.6 is 0 Å². The smallest absolute Gasteiger partial charge is 0.333 e. The highest BCUT2D eigenvalue weighted by atomic mass is 16.6. The first kappa shape index (κ1) is 13.8. The van der Waals surface area contributed by atoms with Gasteiger partial charge in [0.1, 0.15) is 5.69 Å². The molecule has 6 nitrogen and oxygen atoms in total. The summed E-state index contributed by atoms with van der Waals surface area (Å²) in [6.07, 6.45) is 5.01. The highest BCUT2D eigenvalue weighted by Gasteiger charge is 2.26. The Morgan fingerprint density at radius 2 is 2.21 bits per heavy atom. The molecule has 1 N–H and O–H groups in total. The third-order valence-corrected chi connectivity index (χ3v) is 3.80. The lowest BCUT2D eigenvalue weighted by Gasteiger charge is -2.25. The quantitative estimate of drug-likeness (QED) is 0.633. The predicted octanol–water partition coefficient (Wildman–Crippen LogP) is 3.28. The van der Waals surface area contributed by atoms with Gasteiger partial charge in [-0.1, -0.05) is 19.3 Å². The first-order valence-corrected chi connectivity index (χ1v) is 6.98. The van der Waals surface area contributed by atoms with Crippen molar-refractivity contribution < 1.29 is 4.92 Å². The van der Waals surface area contributed by atoms with Crippen LogP contribution in [0.2, 0.25) is 0 Å². The number of anilines is 1. The van der Waals surface area contributed by atoms with Gasteiger partial charge in [0, 0.05) is 12.6 Å². The van der Waals surface area contributed by atoms with Crippen LogP contribution in [0, 0.1) is 23.0 Å². The molecule has 1 aromatic rings. The van der Waals surface area contributed by atoms with E-state index in [2.05, 4.69) is 10.4 Å². The maximum atomic E-state index is 11.2. The average molecular weight is 266 g/mol. The minimum absolute atomic E-state index is 0.110. The molecule has 0 spiro atoms. The molecule has 6 heteroatoms. The second kappa shape index (κ2) is 5.59. The molecule has 1 heterocycles. The average Bonchev–Trinajstić information content (AvgIpc) is 2.59. The monoisotopic (exact) mass is 266 g/mol. The SMILES string of the molecule is Cc1nn(C(C)C)c(NCCC2CCC2)c1[N+](=O)[O-]. The van der Waals surface area contributed by atoms with E-state index in [0.717, 1.165) is 18.9 Å². The molecule has 106 valence electrons. The molecule has 0 saturated heterocycles. The van der Waals surface area contributed by atoms with Crippen molar-refractivity contribution >= 4 is 11.5 Å². The zero-order valence-electron chi connectivity index (χ0n) is 11.8. The van der Waals surface area contributed by atoms with Crippen LogP contribution in [0.4, 0.5) is 11.5 Å². The van der Waals surface area contributed by atoms with Crippen LogP contribution in [-0.4, -0.2) is 21.2 Å². The van der Waals surface area contributed by atoms with E-state index in [-0.39, 0.29) is 16.7 Å². The third kappa shape index (κ3) is 2.88. The van der Waals surface area contributed by atoms with Crippen molar-refractivity contribution in [3.8, 4) is 0 Å². The molecule has 0 aliphatic heterocycles. The Kier molecular flexibility index (Phi) is 4.07. The van der Waals surface area contributed by atoms with Crippen LogP contribution in [0.15, 0.2) is 0 Å². The van der Waals surface area contributed by atoms with Gasteiger partial charge in [-0.25, -0.2) is 4.68 Å². The van der Waals surface area contributed by atoms with Crippen LogP contribution in [0.5, 0.6) is 0 Å². The Morgan fingerprint density at radius 1 is 1.53 bits per heavy atom. The van der Waals surface area contributed by atoms with Crippen LogP contribution < -0.4 is 5.32 Å². The standard InChI is InChI=1S/C13H22N4O2/c1-9(2)16-13(12(17(18)19)10(3)15-16)14-8-7-11-5-4-6-11/h9,11,14H,4-8H2,1-3H3. The number of hydrogen-bond donors (Lipinski definition) is 1. The molecule has 0 amide bonds. The van der Waals surface area contributed by atoms with Gasteiger partial charge in [-0.3, -0.25) is 10.1 Å². The van der Waals surface area contributed by atoms with E-state index in [1.54, 1.807) is 11.6 Å². The molecule has 1 aliphatic rings. The number of aromatic nitrogens is 2. The number of nitrogens with zero attached hydrogens (tertiary/aromatic N) is 3. The summed E-state index contributed by atoms with van der Waals surface area (Å²) in [4.78, 5) is 10.8. The Morgan fingerprint density at radius 3 is 2.68 bits per heavy atom. The summed E-state index contributed by atoms with van der Waals surface area (Å²) in [5.41, 5.74) is 0.590. The van der Waals surface area contributed by atoms with Gasteiger partial charge >= 0.3 is 5.69 Å². The van der Waals surface area contributed by atoms with E-state index >= 15 is 0 Å². The lowest BCUT2D eigenvalue weighted by atomic mass is 9.83. The first-order valence-electron chi connectivity index (χ1n) is 6.98. The summed E-state index contributed by atoms with van der Waals surface area (Å²) >= 11 is 0. The fraction of sp³-hybridized carbons (Fsp3) is 0.769. The number of nitro groups is 1. The molecule has 1 saturated carbocycles. The normalized spacial score (nSPS) is 15.6. The van der Waals surface area contributed by atoms with Crippen molar-refractivity contribution in [2.75, 3.05) is 11.9 Å². The largest absolute Gasteiger partial charge is 0.365 e.